The lowest BCUT2D eigenvalue weighted by molar-refractivity contribution is 0.590. The Balaban J connectivity index is 0.937. The molecule has 4 heterocycles. The van der Waals surface area contributed by atoms with Crippen molar-refractivity contribution in [1.29, 1.82) is 0 Å². The molecule has 0 spiro atoms. The highest BCUT2D eigenvalue weighted by atomic mass is 16.3. The fourth-order valence-electron chi connectivity index (χ4n) is 10.2. The van der Waals surface area contributed by atoms with Crippen LogP contribution in [0.5, 0.6) is 0 Å². The summed E-state index contributed by atoms with van der Waals surface area (Å²) in [6.45, 7) is 2.04. The van der Waals surface area contributed by atoms with Crippen molar-refractivity contribution in [2.45, 2.75) is 13.0 Å². The summed E-state index contributed by atoms with van der Waals surface area (Å²) in [6, 6.07) is 74.4. The lowest BCUT2D eigenvalue weighted by atomic mass is 9.91. The fourth-order valence-corrected chi connectivity index (χ4v) is 10.2. The molecule has 13 rings (SSSR count). The van der Waals surface area contributed by atoms with Crippen molar-refractivity contribution in [3.8, 4) is 51.0 Å². The molecule has 7 heteroatoms. The normalized spacial score (nSPS) is 12.5. The molecule has 70 heavy (non-hydrogen) atoms. The predicted molar refractivity (Wildman–Crippen MR) is 285 cm³/mol. The van der Waals surface area contributed by atoms with Crippen LogP contribution in [-0.4, -0.2) is 19.5 Å². The molecule has 0 saturated heterocycles. The third-order valence-corrected chi connectivity index (χ3v) is 13.5. The van der Waals surface area contributed by atoms with Gasteiger partial charge in [-0.3, -0.25) is 0 Å². The molecule has 332 valence electrons. The van der Waals surface area contributed by atoms with Gasteiger partial charge in [0.2, 0.25) is 0 Å². The number of hydrogen-bond acceptors (Lipinski definition) is 6. The van der Waals surface area contributed by atoms with Gasteiger partial charge in [0.05, 0.1) is 22.8 Å². The molecule has 0 radical (unpaired) electrons. The maximum absolute atomic E-state index is 7.50. The molecule has 13 aromatic rings. The highest BCUT2D eigenvalue weighted by Crippen LogP contribution is 2.45. The van der Waals surface area contributed by atoms with Gasteiger partial charge >= 0.3 is 0 Å². The van der Waals surface area contributed by atoms with Gasteiger partial charge in [-0.1, -0.05) is 188 Å². The number of rotatable bonds is 9. The van der Waals surface area contributed by atoms with Gasteiger partial charge in [0.1, 0.15) is 16.9 Å². The molecule has 1 unspecified atom stereocenters. The van der Waals surface area contributed by atoms with Crippen LogP contribution < -0.4 is 5.73 Å². The number of benzene rings is 9. The SMILES string of the molecule is C/C=C(\c1oc2ccccc2c1C(N)c1cccc(-c2nc(-c3ccccc3)nc(-c3ccccc3)n2)c1)c1cccc2c1oc1c(-n3c4ccccc4c4cc(-c5ccccc5)ccc43)cccc12. The highest BCUT2D eigenvalue weighted by molar-refractivity contribution is 6.15. The second kappa shape index (κ2) is 16.9. The van der Waals surface area contributed by atoms with E-state index < -0.39 is 6.04 Å². The Hall–Kier alpha value is -9.17. The van der Waals surface area contributed by atoms with Crippen LogP contribution in [0.15, 0.2) is 233 Å². The zero-order valence-corrected chi connectivity index (χ0v) is 38.1. The number of allylic oxidation sites excluding steroid dienone is 1. The van der Waals surface area contributed by atoms with Crippen LogP contribution in [0.25, 0.3) is 111 Å². The summed E-state index contributed by atoms with van der Waals surface area (Å²) in [7, 11) is 0. The van der Waals surface area contributed by atoms with E-state index in [1.807, 2.05) is 97.9 Å². The Morgan fingerprint density at radius 1 is 0.457 bits per heavy atom. The maximum atomic E-state index is 7.50. The van der Waals surface area contributed by atoms with E-state index in [4.69, 9.17) is 29.5 Å². The van der Waals surface area contributed by atoms with Crippen molar-refractivity contribution in [3.05, 3.63) is 247 Å². The van der Waals surface area contributed by atoms with Crippen molar-refractivity contribution in [2.24, 2.45) is 5.73 Å². The monoisotopic (exact) mass is 901 g/mol. The van der Waals surface area contributed by atoms with Crippen LogP contribution in [0.3, 0.4) is 0 Å². The van der Waals surface area contributed by atoms with Gasteiger partial charge in [-0.2, -0.15) is 0 Å². The molecule has 0 bridgehead atoms. The Morgan fingerprint density at radius 2 is 1.01 bits per heavy atom. The first-order valence-corrected chi connectivity index (χ1v) is 23.5. The largest absolute Gasteiger partial charge is 0.456 e. The van der Waals surface area contributed by atoms with Gasteiger partial charge in [-0.15, -0.1) is 0 Å². The quantitative estimate of drug-likeness (QED) is 0.155. The molecular weight excluding hydrogens is 859 g/mol. The second-order valence-electron chi connectivity index (χ2n) is 17.6. The smallest absolute Gasteiger partial charge is 0.164 e. The van der Waals surface area contributed by atoms with Crippen LogP contribution in [-0.2, 0) is 0 Å². The summed E-state index contributed by atoms with van der Waals surface area (Å²) < 4.78 is 16.4. The summed E-state index contributed by atoms with van der Waals surface area (Å²) in [5, 5.41) is 5.34. The molecule has 0 aliphatic carbocycles. The molecule has 0 amide bonds. The van der Waals surface area contributed by atoms with Gasteiger partial charge in [0.15, 0.2) is 23.1 Å². The van der Waals surface area contributed by atoms with E-state index in [9.17, 15) is 0 Å². The van der Waals surface area contributed by atoms with Crippen LogP contribution in [0.1, 0.15) is 35.4 Å². The van der Waals surface area contributed by atoms with E-state index in [1.165, 1.54) is 21.9 Å². The Kier molecular flexibility index (Phi) is 9.89. The molecule has 1 atom stereocenters. The lowest BCUT2D eigenvalue weighted by Gasteiger charge is -2.16. The molecule has 4 aromatic heterocycles. The Morgan fingerprint density at radius 3 is 1.73 bits per heavy atom. The molecule has 0 fully saturated rings. The van der Waals surface area contributed by atoms with E-state index in [0.717, 1.165) is 88.6 Å². The topological polar surface area (TPSA) is 95.9 Å². The first-order valence-electron chi connectivity index (χ1n) is 23.5. The highest BCUT2D eigenvalue weighted by Gasteiger charge is 2.27. The van der Waals surface area contributed by atoms with Crippen molar-refractivity contribution in [3.63, 3.8) is 0 Å². The molecular formula is C63H43N5O2. The summed E-state index contributed by atoms with van der Waals surface area (Å²) in [5.41, 5.74) is 21.6. The molecule has 7 nitrogen and oxygen atoms in total. The third kappa shape index (κ3) is 6.82. The number of nitrogens with zero attached hydrogens (tertiary/aromatic N) is 4. The third-order valence-electron chi connectivity index (χ3n) is 13.5. The number of furan rings is 2. The Labute approximate surface area is 403 Å². The van der Waals surface area contributed by atoms with Crippen LogP contribution >= 0.6 is 0 Å². The molecule has 0 aliphatic rings. The standard InChI is InChI=1S/C63H43N5O2/c1-2-45(47-29-17-30-48-49-31-18-33-54(59(49)70-58(47)48)68-52-32-14-12-27-46(52)51-38-42(35-36-53(51)68)39-19-6-3-7-20-39)60-56(50-28-13-15-34-55(50)69-60)57(64)43-25-16-26-44(37-43)63-66-61(40-21-8-4-9-22-40)65-62(67-63)41-23-10-5-11-24-41/h2-38,57H,64H2,1H3/b45-2-. The summed E-state index contributed by atoms with van der Waals surface area (Å²) in [4.78, 5) is 15.0. The van der Waals surface area contributed by atoms with E-state index in [0.29, 0.717) is 23.2 Å². The van der Waals surface area contributed by atoms with Crippen LogP contribution in [0, 0.1) is 0 Å². The van der Waals surface area contributed by atoms with Crippen molar-refractivity contribution in [2.75, 3.05) is 0 Å². The van der Waals surface area contributed by atoms with Crippen molar-refractivity contribution >= 4 is 60.3 Å². The molecule has 0 saturated carbocycles. The average molecular weight is 902 g/mol. The minimum Gasteiger partial charge on any atom is -0.456 e. The predicted octanol–water partition coefficient (Wildman–Crippen LogP) is 15.8. The molecule has 0 aliphatic heterocycles. The summed E-state index contributed by atoms with van der Waals surface area (Å²) in [6.07, 6.45) is 2.10. The van der Waals surface area contributed by atoms with Crippen molar-refractivity contribution in [1.82, 2.24) is 19.5 Å². The zero-order valence-electron chi connectivity index (χ0n) is 38.1. The average Bonchev–Trinajstić information content (AvgIpc) is 4.12. The number of para-hydroxylation sites is 4. The first kappa shape index (κ1) is 41.1. The van der Waals surface area contributed by atoms with Gasteiger partial charge in [0.25, 0.3) is 0 Å². The number of nitrogens with two attached hydrogens (primary N) is 1. The van der Waals surface area contributed by atoms with Gasteiger partial charge in [-0.25, -0.2) is 15.0 Å². The van der Waals surface area contributed by atoms with E-state index in [-0.39, 0.29) is 0 Å². The number of fused-ring (bicyclic) bond motifs is 7. The summed E-state index contributed by atoms with van der Waals surface area (Å²) in [5.74, 6) is 2.44. The van der Waals surface area contributed by atoms with E-state index >= 15 is 0 Å². The van der Waals surface area contributed by atoms with Crippen molar-refractivity contribution < 1.29 is 8.83 Å². The van der Waals surface area contributed by atoms with E-state index in [2.05, 4.69) is 138 Å². The minimum absolute atomic E-state index is 0.557. The molecule has 9 aromatic carbocycles. The second-order valence-corrected chi connectivity index (χ2v) is 17.6. The van der Waals surface area contributed by atoms with Gasteiger partial charge < -0.3 is 19.1 Å². The maximum Gasteiger partial charge on any atom is 0.164 e. The number of aromatic nitrogens is 4. The number of hydrogen-bond donors (Lipinski definition) is 1. The Bertz CT molecular complexity index is 4090. The van der Waals surface area contributed by atoms with Gasteiger partial charge in [0, 0.05) is 60.3 Å². The lowest BCUT2D eigenvalue weighted by Crippen LogP contribution is -2.13. The zero-order chi connectivity index (χ0) is 46.7. The van der Waals surface area contributed by atoms with Crippen LogP contribution in [0.4, 0.5) is 0 Å². The summed E-state index contributed by atoms with van der Waals surface area (Å²) >= 11 is 0. The minimum atomic E-state index is -0.586. The molecule has 2 N–H and O–H groups in total. The fraction of sp³-hybridized carbons (Fsp3) is 0.0317. The van der Waals surface area contributed by atoms with Gasteiger partial charge in [-0.05, 0) is 60.0 Å². The first-order chi connectivity index (χ1) is 34.6. The van der Waals surface area contributed by atoms with Crippen LogP contribution in [0.2, 0.25) is 0 Å². The van der Waals surface area contributed by atoms with E-state index in [1.54, 1.807) is 0 Å².